The molecule has 1 atom stereocenters. The molecule has 2 heterocycles. The van der Waals surface area contributed by atoms with Crippen LogP contribution in [0.25, 0.3) is 11.1 Å². The Bertz CT molecular complexity index is 1920. The van der Waals surface area contributed by atoms with Crippen molar-refractivity contribution in [1.82, 2.24) is 19.6 Å². The summed E-state index contributed by atoms with van der Waals surface area (Å²) in [5, 5.41) is 3.62. The van der Waals surface area contributed by atoms with Gasteiger partial charge < -0.3 is 19.3 Å². The zero-order valence-corrected chi connectivity index (χ0v) is 26.9. The third-order valence-electron chi connectivity index (χ3n) is 7.78. The van der Waals surface area contributed by atoms with Crippen LogP contribution in [0.15, 0.2) is 77.8 Å². The van der Waals surface area contributed by atoms with Gasteiger partial charge in [0.25, 0.3) is 11.8 Å². The molecule has 5 rings (SSSR count). The van der Waals surface area contributed by atoms with Gasteiger partial charge >= 0.3 is 6.18 Å². The van der Waals surface area contributed by atoms with Gasteiger partial charge in [-0.1, -0.05) is 30.3 Å². The first kappa shape index (κ1) is 33.5. The highest BCUT2D eigenvalue weighted by atomic mass is 32.2. The standard InChI is InChI=1S/C33H33F3N4O6S/c1-38(2)31(41)24-9-6-8-22(16-24)23-11-12-28(45-4)29(17-23)47(43,44)20-21-7-5-10-25(15-21)46-26-13-14-40(19-26)32(42)27-18-37-39(3)30(27)33(34,35)36/h5-12,15-18,26H,13-14,19-20H2,1-4H3/t26-/m0/s1. The van der Waals surface area contributed by atoms with E-state index in [-0.39, 0.29) is 35.4 Å². The Balaban J connectivity index is 1.31. The van der Waals surface area contributed by atoms with E-state index in [1.807, 2.05) is 0 Å². The molecule has 0 bridgehead atoms. The number of methoxy groups -OCH3 is 1. The minimum absolute atomic E-state index is 0.0215. The number of sulfone groups is 1. The summed E-state index contributed by atoms with van der Waals surface area (Å²) in [6.07, 6.45) is -3.96. The third-order valence-corrected chi connectivity index (χ3v) is 9.48. The minimum Gasteiger partial charge on any atom is -0.495 e. The molecule has 248 valence electrons. The zero-order valence-electron chi connectivity index (χ0n) is 26.1. The van der Waals surface area contributed by atoms with E-state index in [9.17, 15) is 31.2 Å². The number of aromatic nitrogens is 2. The number of alkyl halides is 3. The molecule has 1 saturated heterocycles. The van der Waals surface area contributed by atoms with Gasteiger partial charge in [0.1, 0.15) is 22.5 Å². The molecule has 4 aromatic rings. The first-order valence-electron chi connectivity index (χ1n) is 14.5. The SMILES string of the molecule is COc1ccc(-c2cccc(C(=O)N(C)C)c2)cc1S(=O)(=O)Cc1cccc(O[C@H]2CCN(C(=O)c3cnn(C)c3C(F)(F)F)C2)c1. The molecule has 0 spiro atoms. The van der Waals surface area contributed by atoms with Crippen LogP contribution < -0.4 is 9.47 Å². The predicted octanol–water partition coefficient (Wildman–Crippen LogP) is 5.08. The topological polar surface area (TPSA) is 111 Å². The molecule has 1 aromatic heterocycles. The van der Waals surface area contributed by atoms with Crippen LogP contribution in [-0.2, 0) is 28.8 Å². The molecule has 3 aromatic carbocycles. The lowest BCUT2D eigenvalue weighted by molar-refractivity contribution is -0.144. The maximum absolute atomic E-state index is 13.7. The second-order valence-corrected chi connectivity index (χ2v) is 13.3. The molecular formula is C33H33F3N4O6S. The molecule has 14 heteroatoms. The second-order valence-electron chi connectivity index (χ2n) is 11.4. The van der Waals surface area contributed by atoms with Crippen LogP contribution in [0.1, 0.15) is 38.4 Å². The third kappa shape index (κ3) is 7.27. The number of ether oxygens (including phenoxy) is 2. The maximum atomic E-state index is 13.7. The fourth-order valence-electron chi connectivity index (χ4n) is 5.50. The fourth-order valence-corrected chi connectivity index (χ4v) is 7.04. The molecular weight excluding hydrogens is 637 g/mol. The van der Waals surface area contributed by atoms with E-state index in [1.165, 1.54) is 23.0 Å². The largest absolute Gasteiger partial charge is 0.495 e. The molecule has 47 heavy (non-hydrogen) atoms. The van der Waals surface area contributed by atoms with Crippen LogP contribution in [0.5, 0.6) is 11.5 Å². The summed E-state index contributed by atoms with van der Waals surface area (Å²) in [5.41, 5.74) is 0.503. The number of hydrogen-bond acceptors (Lipinski definition) is 7. The summed E-state index contributed by atoms with van der Waals surface area (Å²) in [6, 6.07) is 18.2. The Morgan fingerprint density at radius 3 is 2.45 bits per heavy atom. The molecule has 0 aliphatic carbocycles. The monoisotopic (exact) mass is 670 g/mol. The van der Waals surface area contributed by atoms with E-state index in [1.54, 1.807) is 74.8 Å². The van der Waals surface area contributed by atoms with Gasteiger partial charge in [0.2, 0.25) is 0 Å². The van der Waals surface area contributed by atoms with Crippen LogP contribution in [0.2, 0.25) is 0 Å². The van der Waals surface area contributed by atoms with Gasteiger partial charge in [-0.3, -0.25) is 14.3 Å². The van der Waals surface area contributed by atoms with Gasteiger partial charge in [0.15, 0.2) is 15.5 Å². The molecule has 1 aliphatic rings. The maximum Gasteiger partial charge on any atom is 0.433 e. The van der Waals surface area contributed by atoms with Crippen LogP contribution >= 0.6 is 0 Å². The van der Waals surface area contributed by atoms with Crippen molar-refractivity contribution in [3.8, 4) is 22.6 Å². The number of nitrogens with zero attached hydrogens (tertiary/aromatic N) is 4. The first-order chi connectivity index (χ1) is 22.2. The lowest BCUT2D eigenvalue weighted by Gasteiger charge is -2.18. The highest BCUT2D eigenvalue weighted by Crippen LogP contribution is 2.34. The van der Waals surface area contributed by atoms with Gasteiger partial charge in [-0.15, -0.1) is 0 Å². The van der Waals surface area contributed by atoms with Crippen LogP contribution in [0.4, 0.5) is 13.2 Å². The van der Waals surface area contributed by atoms with Crippen molar-refractivity contribution >= 4 is 21.7 Å². The van der Waals surface area contributed by atoms with Gasteiger partial charge in [-0.05, 0) is 53.1 Å². The Labute approximate surface area is 270 Å². The Hall–Kier alpha value is -4.85. The van der Waals surface area contributed by atoms with Gasteiger partial charge in [-0.2, -0.15) is 18.3 Å². The van der Waals surface area contributed by atoms with Crippen molar-refractivity contribution in [2.75, 3.05) is 34.3 Å². The first-order valence-corrected chi connectivity index (χ1v) is 16.2. The molecule has 0 N–H and O–H groups in total. The normalized spacial score (nSPS) is 15.0. The average molecular weight is 671 g/mol. The fraction of sp³-hybridized carbons (Fsp3) is 0.303. The zero-order chi connectivity index (χ0) is 34.1. The molecule has 0 unspecified atom stereocenters. The summed E-state index contributed by atoms with van der Waals surface area (Å²) >= 11 is 0. The predicted molar refractivity (Wildman–Crippen MR) is 167 cm³/mol. The highest BCUT2D eigenvalue weighted by molar-refractivity contribution is 7.90. The number of rotatable bonds is 9. The number of carbonyl (C=O) groups excluding carboxylic acids is 2. The molecule has 0 radical (unpaired) electrons. The van der Waals surface area contributed by atoms with Crippen molar-refractivity contribution in [3.63, 3.8) is 0 Å². The van der Waals surface area contributed by atoms with Crippen molar-refractivity contribution in [1.29, 1.82) is 0 Å². The van der Waals surface area contributed by atoms with Crippen molar-refractivity contribution in [2.45, 2.75) is 29.3 Å². The van der Waals surface area contributed by atoms with Crippen molar-refractivity contribution < 1.29 is 40.7 Å². The van der Waals surface area contributed by atoms with E-state index in [0.29, 0.717) is 39.1 Å². The molecule has 1 fully saturated rings. The van der Waals surface area contributed by atoms with E-state index in [2.05, 4.69) is 5.10 Å². The Kier molecular flexibility index (Phi) is 9.34. The highest BCUT2D eigenvalue weighted by Gasteiger charge is 2.41. The quantitative estimate of drug-likeness (QED) is 0.244. The Morgan fingerprint density at radius 2 is 1.74 bits per heavy atom. The lowest BCUT2D eigenvalue weighted by atomic mass is 10.0. The molecule has 1 aliphatic heterocycles. The van der Waals surface area contributed by atoms with Crippen LogP contribution in [0.3, 0.4) is 0 Å². The number of likely N-dealkylation sites (tertiary alicyclic amines) is 1. The van der Waals surface area contributed by atoms with Crippen LogP contribution in [-0.4, -0.2) is 80.2 Å². The van der Waals surface area contributed by atoms with Gasteiger partial charge in [0.05, 0.1) is 31.2 Å². The molecule has 10 nitrogen and oxygen atoms in total. The van der Waals surface area contributed by atoms with E-state index in [4.69, 9.17) is 9.47 Å². The van der Waals surface area contributed by atoms with Gasteiger partial charge in [0, 0.05) is 39.7 Å². The summed E-state index contributed by atoms with van der Waals surface area (Å²) in [4.78, 5) is 28.1. The minimum atomic E-state index is -4.74. The lowest BCUT2D eigenvalue weighted by Crippen LogP contribution is -2.32. The van der Waals surface area contributed by atoms with Gasteiger partial charge in [-0.25, -0.2) is 8.42 Å². The number of halogens is 3. The number of carbonyl (C=O) groups is 2. The van der Waals surface area contributed by atoms with Crippen molar-refractivity contribution in [2.24, 2.45) is 7.05 Å². The number of benzene rings is 3. The number of aryl methyl sites for hydroxylation is 1. The van der Waals surface area contributed by atoms with E-state index >= 15 is 0 Å². The van der Waals surface area contributed by atoms with E-state index < -0.39 is 39.3 Å². The molecule has 0 saturated carbocycles. The summed E-state index contributed by atoms with van der Waals surface area (Å²) < 4.78 is 80.0. The van der Waals surface area contributed by atoms with Crippen LogP contribution in [0, 0.1) is 0 Å². The summed E-state index contributed by atoms with van der Waals surface area (Å²) in [6.45, 7) is 0.241. The number of amides is 2. The summed E-state index contributed by atoms with van der Waals surface area (Å²) in [7, 11) is 1.87. The smallest absolute Gasteiger partial charge is 0.433 e. The van der Waals surface area contributed by atoms with Crippen molar-refractivity contribution in [3.05, 3.63) is 95.3 Å². The number of hydrogen-bond donors (Lipinski definition) is 0. The van der Waals surface area contributed by atoms with E-state index in [0.717, 1.165) is 13.2 Å². The Morgan fingerprint density at radius 1 is 1.02 bits per heavy atom. The summed E-state index contributed by atoms with van der Waals surface area (Å²) in [5.74, 6) is -0.823. The average Bonchev–Trinajstić information content (AvgIpc) is 3.66. The second kappa shape index (κ2) is 13.1. The molecule has 2 amide bonds.